The van der Waals surface area contributed by atoms with Gasteiger partial charge in [-0.1, -0.05) is 29.3 Å². The second kappa shape index (κ2) is 26.5. The van der Waals surface area contributed by atoms with E-state index in [2.05, 4.69) is 49.9 Å². The average molecular weight is 1110 g/mol. The van der Waals surface area contributed by atoms with E-state index in [4.69, 9.17) is 33.9 Å². The molecule has 5 N–H and O–H groups in total. The first-order valence-electron chi connectivity index (χ1n) is 25.9. The van der Waals surface area contributed by atoms with Gasteiger partial charge in [0.05, 0.1) is 98.3 Å². The van der Waals surface area contributed by atoms with Crippen molar-refractivity contribution >= 4 is 54.9 Å². The number of nitrogens with two attached hydrogens (primary N) is 1. The number of anilines is 3. The lowest BCUT2D eigenvalue weighted by Crippen LogP contribution is -2.36. The summed E-state index contributed by atoms with van der Waals surface area (Å²) >= 11 is 0. The molecule has 19 nitrogen and oxygen atoms in total. The van der Waals surface area contributed by atoms with Crippen molar-refractivity contribution in [2.45, 2.75) is 56.9 Å². The largest absolute Gasteiger partial charge is 0.495 e. The van der Waals surface area contributed by atoms with Crippen LogP contribution in [-0.4, -0.2) is 155 Å². The van der Waals surface area contributed by atoms with E-state index in [-0.39, 0.29) is 81.0 Å². The van der Waals surface area contributed by atoms with Crippen LogP contribution in [0.2, 0.25) is 0 Å². The molecule has 0 unspecified atom stereocenters. The Morgan fingerprint density at radius 3 is 2.41 bits per heavy atom. The molecule has 4 heterocycles. The first kappa shape index (κ1) is 57.8. The van der Waals surface area contributed by atoms with Crippen LogP contribution >= 0.6 is 0 Å². The van der Waals surface area contributed by atoms with Gasteiger partial charge in [-0.2, -0.15) is 17.5 Å². The van der Waals surface area contributed by atoms with Crippen molar-refractivity contribution in [3.8, 4) is 34.5 Å². The number of nitrogen functional groups attached to an aromatic ring is 1. The van der Waals surface area contributed by atoms with E-state index in [0.717, 1.165) is 59.5 Å². The molecule has 4 aromatic carbocycles. The van der Waals surface area contributed by atoms with Gasteiger partial charge in [0, 0.05) is 55.4 Å². The van der Waals surface area contributed by atoms with E-state index in [1.165, 1.54) is 35.2 Å². The minimum atomic E-state index is -4.46. The lowest BCUT2D eigenvalue weighted by Gasteiger charge is -2.30. The number of likely N-dealkylation sites (N-methyl/N-ethyl adjacent to an activating group) is 1. The molecule has 79 heavy (non-hydrogen) atoms. The van der Waals surface area contributed by atoms with Crippen LogP contribution in [0.25, 0.3) is 33.1 Å². The van der Waals surface area contributed by atoms with Gasteiger partial charge < -0.3 is 63.9 Å². The highest BCUT2D eigenvalue weighted by Crippen LogP contribution is 2.35. The third-order valence-corrected chi connectivity index (χ3v) is 15.2. The van der Waals surface area contributed by atoms with E-state index < -0.39 is 22.7 Å². The first-order chi connectivity index (χ1) is 38.0. The van der Waals surface area contributed by atoms with E-state index in [0.29, 0.717) is 59.1 Å². The van der Waals surface area contributed by atoms with Crippen LogP contribution in [0, 0.1) is 25.7 Å². The fourth-order valence-electron chi connectivity index (χ4n) is 9.27. The SMILES string of the molecule is COc1cc(S(=O)(=O)N(C)CCOCCOCCOCCNC(=O)COc2cccc(Cn3cnc4c(N)cc(-c5c(C)noc5C)cc43)c2)ccc1NCC#Cc1cc2c(NC3CCN(C)CC3)cccc2n1CC(F)(F)F. The van der Waals surface area contributed by atoms with Crippen LogP contribution in [0.5, 0.6) is 11.5 Å². The summed E-state index contributed by atoms with van der Waals surface area (Å²) in [5.41, 5.74) is 13.9. The number of likely N-dealkylation sites (tertiary alicyclic amines) is 1. The summed E-state index contributed by atoms with van der Waals surface area (Å²) in [5, 5.41) is 14.2. The average Bonchev–Trinajstić information content (AvgIpc) is 4.34. The Labute approximate surface area is 457 Å². The third-order valence-electron chi connectivity index (χ3n) is 13.4. The number of aromatic nitrogens is 4. The van der Waals surface area contributed by atoms with Crippen LogP contribution in [-0.2, 0) is 42.1 Å². The number of carbonyl (C=O) groups is 1. The second-order valence-corrected chi connectivity index (χ2v) is 21.2. The Hall–Kier alpha value is -7.33. The van der Waals surface area contributed by atoms with Crippen LogP contribution in [0.15, 0.2) is 94.6 Å². The predicted molar refractivity (Wildman–Crippen MR) is 296 cm³/mol. The normalized spacial score (nSPS) is 13.5. The summed E-state index contributed by atoms with van der Waals surface area (Å²) in [5.74, 6) is 7.04. The maximum Gasteiger partial charge on any atom is 0.406 e. The van der Waals surface area contributed by atoms with Crippen molar-refractivity contribution in [1.29, 1.82) is 0 Å². The van der Waals surface area contributed by atoms with E-state index in [1.54, 1.807) is 36.7 Å². The molecule has 0 bridgehead atoms. The summed E-state index contributed by atoms with van der Waals surface area (Å²) in [6.45, 7) is 6.62. The topological polar surface area (TPSA) is 215 Å². The van der Waals surface area contributed by atoms with Gasteiger partial charge in [0.2, 0.25) is 10.0 Å². The number of piperidine rings is 1. The van der Waals surface area contributed by atoms with Crippen molar-refractivity contribution in [1.82, 2.24) is 33.8 Å². The molecule has 1 aliphatic heterocycles. The highest BCUT2D eigenvalue weighted by atomic mass is 32.2. The maximum atomic E-state index is 13.8. The molecule has 1 fully saturated rings. The number of imidazole rings is 1. The van der Waals surface area contributed by atoms with Gasteiger partial charge in [-0.25, -0.2) is 13.4 Å². The fourth-order valence-corrected chi connectivity index (χ4v) is 10.4. The molecule has 3 aromatic heterocycles. The van der Waals surface area contributed by atoms with Crippen molar-refractivity contribution in [2.24, 2.45) is 0 Å². The fraction of sp³-hybridized carbons (Fsp3) is 0.411. The van der Waals surface area contributed by atoms with Gasteiger partial charge in [-0.3, -0.25) is 4.79 Å². The van der Waals surface area contributed by atoms with Crippen molar-refractivity contribution < 1.29 is 54.6 Å². The number of fused-ring (bicyclic) bond motifs is 2. The molecule has 1 aliphatic rings. The van der Waals surface area contributed by atoms with Gasteiger partial charge in [-0.15, -0.1) is 0 Å². The third kappa shape index (κ3) is 15.3. The smallest absolute Gasteiger partial charge is 0.406 e. The Kier molecular flexibility index (Phi) is 19.4. The molecule has 7 aromatic rings. The number of amides is 1. The van der Waals surface area contributed by atoms with Crippen LogP contribution in [0.1, 0.15) is 35.6 Å². The lowest BCUT2D eigenvalue weighted by atomic mass is 10.0. The number of aryl methyl sites for hydroxylation is 2. The molecule has 0 aliphatic carbocycles. The Morgan fingerprint density at radius 2 is 1.67 bits per heavy atom. The molecule has 0 radical (unpaired) electrons. The van der Waals surface area contributed by atoms with E-state index in [9.17, 15) is 26.4 Å². The Morgan fingerprint density at radius 1 is 0.924 bits per heavy atom. The zero-order chi connectivity index (χ0) is 56.1. The van der Waals surface area contributed by atoms with E-state index in [1.807, 2.05) is 54.8 Å². The number of halogens is 3. The molecular formula is C56H67F3N10O9S. The molecule has 23 heteroatoms. The Balaban J connectivity index is 0.697. The van der Waals surface area contributed by atoms with Crippen molar-refractivity contribution in [2.75, 3.05) is 117 Å². The minimum Gasteiger partial charge on any atom is -0.495 e. The van der Waals surface area contributed by atoms with Crippen LogP contribution < -0.4 is 31.2 Å². The number of hydrogen-bond donors (Lipinski definition) is 4. The number of ether oxygens (including phenoxy) is 5. The second-order valence-electron chi connectivity index (χ2n) is 19.2. The van der Waals surface area contributed by atoms with Gasteiger partial charge in [-0.05, 0) is 118 Å². The zero-order valence-corrected chi connectivity index (χ0v) is 45.8. The molecule has 1 saturated heterocycles. The van der Waals surface area contributed by atoms with Crippen molar-refractivity contribution in [3.63, 3.8) is 0 Å². The number of alkyl halides is 3. The van der Waals surface area contributed by atoms with Gasteiger partial charge in [0.1, 0.15) is 29.3 Å². The molecule has 422 valence electrons. The van der Waals surface area contributed by atoms with Gasteiger partial charge >= 0.3 is 6.18 Å². The quantitative estimate of drug-likeness (QED) is 0.0238. The summed E-state index contributed by atoms with van der Waals surface area (Å²) in [6, 6.07) is 23.0. The zero-order valence-electron chi connectivity index (χ0n) is 45.0. The van der Waals surface area contributed by atoms with Crippen molar-refractivity contribution in [3.05, 3.63) is 108 Å². The van der Waals surface area contributed by atoms with Gasteiger partial charge in [0.15, 0.2) is 6.61 Å². The van der Waals surface area contributed by atoms with Gasteiger partial charge in [0.25, 0.3) is 5.91 Å². The Bertz CT molecular complexity index is 3360. The number of benzene rings is 4. The number of nitrogens with zero attached hydrogens (tertiary/aromatic N) is 6. The molecule has 8 rings (SSSR count). The number of methoxy groups -OCH3 is 1. The minimum absolute atomic E-state index is 0.00337. The van der Waals surface area contributed by atoms with Crippen LogP contribution in [0.4, 0.5) is 30.2 Å². The number of carbonyl (C=O) groups excluding carboxylic acids is 1. The van der Waals surface area contributed by atoms with E-state index >= 15 is 0 Å². The molecule has 0 saturated carbocycles. The highest BCUT2D eigenvalue weighted by molar-refractivity contribution is 7.89. The summed E-state index contributed by atoms with van der Waals surface area (Å²) in [4.78, 5) is 19.3. The van der Waals surface area contributed by atoms with Crippen LogP contribution in [0.3, 0.4) is 0 Å². The number of hydrogen-bond acceptors (Lipinski definition) is 15. The standard InChI is InChI=1S/C56H67F3N10O9S/c1-38-54(39(2)78-65-38)41-30-47(60)55-51(31-41)68(37-63-55)34-40-9-6-11-44(29-40)77-35-53(70)62-19-23-74-25-27-76-28-26-75-24-22-67(4)79(71,72)45-14-15-49(52(33-45)73-5)61-18-8-10-43-32-46-48(64-42-16-20-66(3)21-17-42)12-7-13-50(46)69(43)36-56(57,58)59/h6-7,9,11-15,29-33,37,42,61,64H,16-28,34-36,60H2,1-5H3,(H,62,70). The number of rotatable bonds is 26. The first-order valence-corrected chi connectivity index (χ1v) is 27.3. The molecule has 1 amide bonds. The monoisotopic (exact) mass is 1110 g/mol. The predicted octanol–water partition coefficient (Wildman–Crippen LogP) is 7.30. The summed E-state index contributed by atoms with van der Waals surface area (Å²) in [6.07, 6.45) is -0.858. The maximum absolute atomic E-state index is 13.8. The highest BCUT2D eigenvalue weighted by Gasteiger charge is 2.30. The summed E-state index contributed by atoms with van der Waals surface area (Å²) < 4.78 is 106. The number of nitrogens with one attached hydrogen (secondary N) is 3. The molecule has 0 atom stereocenters. The summed E-state index contributed by atoms with van der Waals surface area (Å²) in [7, 11) is 0.995. The molecule has 0 spiro atoms. The molecular weight excluding hydrogens is 1050 g/mol. The number of sulfonamides is 1. The lowest BCUT2D eigenvalue weighted by molar-refractivity contribution is -0.140.